The van der Waals surface area contributed by atoms with E-state index in [0.29, 0.717) is 0 Å². The SMILES string of the molecule is c1ccc(-c2cccc(N(c3ccc4c5ccccc5c5ccccc5c4c3)c3cccc4oc5ccccc5c34)c2)cc1. The van der Waals surface area contributed by atoms with Gasteiger partial charge in [0.15, 0.2) is 0 Å². The van der Waals surface area contributed by atoms with E-state index < -0.39 is 0 Å². The van der Waals surface area contributed by atoms with Gasteiger partial charge in [-0.2, -0.15) is 0 Å². The van der Waals surface area contributed by atoms with Crippen LogP contribution in [0.1, 0.15) is 0 Å². The summed E-state index contributed by atoms with van der Waals surface area (Å²) in [4.78, 5) is 2.39. The lowest BCUT2D eigenvalue weighted by molar-refractivity contribution is 0.669. The van der Waals surface area contributed by atoms with Gasteiger partial charge in [-0.1, -0.05) is 121 Å². The van der Waals surface area contributed by atoms with Crippen molar-refractivity contribution in [3.8, 4) is 11.1 Å². The van der Waals surface area contributed by atoms with Crippen LogP contribution in [0.15, 0.2) is 168 Å². The molecule has 0 bridgehead atoms. The molecule has 2 heteroatoms. The van der Waals surface area contributed by atoms with Gasteiger partial charge in [0.05, 0.1) is 11.1 Å². The second-order valence-electron chi connectivity index (χ2n) is 11.3. The summed E-state index contributed by atoms with van der Waals surface area (Å²) in [5.41, 5.74) is 7.41. The fourth-order valence-electron chi connectivity index (χ4n) is 6.86. The van der Waals surface area contributed by atoms with Gasteiger partial charge < -0.3 is 9.32 Å². The molecule has 1 heterocycles. The molecule has 1 aromatic heterocycles. The molecule has 44 heavy (non-hydrogen) atoms. The van der Waals surface area contributed by atoms with Crippen LogP contribution in [-0.4, -0.2) is 0 Å². The van der Waals surface area contributed by atoms with E-state index in [1.807, 2.05) is 12.1 Å². The summed E-state index contributed by atoms with van der Waals surface area (Å²) >= 11 is 0. The number of nitrogens with zero attached hydrogens (tertiary/aromatic N) is 1. The largest absolute Gasteiger partial charge is 0.456 e. The number of para-hydroxylation sites is 1. The van der Waals surface area contributed by atoms with Gasteiger partial charge in [0.1, 0.15) is 11.2 Å². The lowest BCUT2D eigenvalue weighted by atomic mass is 9.94. The molecule has 9 aromatic rings. The van der Waals surface area contributed by atoms with Crippen molar-refractivity contribution in [1.82, 2.24) is 0 Å². The summed E-state index contributed by atoms with van der Waals surface area (Å²) in [7, 11) is 0. The van der Waals surface area contributed by atoms with Crippen molar-refractivity contribution in [3.05, 3.63) is 164 Å². The predicted octanol–water partition coefficient (Wildman–Crippen LogP) is 12.2. The highest BCUT2D eigenvalue weighted by molar-refractivity contribution is 6.26. The molecule has 0 saturated carbocycles. The molecule has 0 aliphatic carbocycles. The van der Waals surface area contributed by atoms with Crippen molar-refractivity contribution >= 4 is 71.3 Å². The van der Waals surface area contributed by atoms with Gasteiger partial charge in [-0.05, 0) is 85.9 Å². The molecule has 0 aliphatic heterocycles. The van der Waals surface area contributed by atoms with E-state index in [1.165, 1.54) is 43.4 Å². The topological polar surface area (TPSA) is 16.4 Å². The Bertz CT molecular complexity index is 2470. The molecular weight excluding hydrogens is 534 g/mol. The third-order valence-corrected chi connectivity index (χ3v) is 8.82. The molecule has 2 nitrogen and oxygen atoms in total. The Morgan fingerprint density at radius 1 is 0.341 bits per heavy atom. The highest BCUT2D eigenvalue weighted by Crippen LogP contribution is 2.45. The van der Waals surface area contributed by atoms with Crippen molar-refractivity contribution < 1.29 is 4.42 Å². The minimum atomic E-state index is 0.880. The molecule has 206 valence electrons. The lowest BCUT2D eigenvalue weighted by Crippen LogP contribution is -2.10. The second kappa shape index (κ2) is 9.86. The first-order chi connectivity index (χ1) is 21.8. The van der Waals surface area contributed by atoms with Crippen LogP contribution in [0.3, 0.4) is 0 Å². The first kappa shape index (κ1) is 24.7. The normalized spacial score (nSPS) is 11.6. The fraction of sp³-hybridized carbons (Fsp3) is 0. The number of fused-ring (bicyclic) bond motifs is 9. The van der Waals surface area contributed by atoms with Gasteiger partial charge in [-0.25, -0.2) is 0 Å². The number of hydrogen-bond donors (Lipinski definition) is 0. The third kappa shape index (κ3) is 3.82. The zero-order chi connectivity index (χ0) is 29.0. The fourth-order valence-corrected chi connectivity index (χ4v) is 6.86. The van der Waals surface area contributed by atoms with E-state index in [0.717, 1.165) is 39.0 Å². The van der Waals surface area contributed by atoms with Crippen LogP contribution in [-0.2, 0) is 0 Å². The van der Waals surface area contributed by atoms with Crippen molar-refractivity contribution in [2.45, 2.75) is 0 Å². The zero-order valence-corrected chi connectivity index (χ0v) is 23.9. The first-order valence-corrected chi connectivity index (χ1v) is 15.0. The summed E-state index contributed by atoms with van der Waals surface area (Å²) < 4.78 is 6.36. The quantitative estimate of drug-likeness (QED) is 0.199. The minimum Gasteiger partial charge on any atom is -0.456 e. The summed E-state index contributed by atoms with van der Waals surface area (Å²) in [5, 5.41) is 9.80. The third-order valence-electron chi connectivity index (χ3n) is 8.82. The molecular formula is C42H27NO. The van der Waals surface area contributed by atoms with Crippen molar-refractivity contribution in [2.24, 2.45) is 0 Å². The summed E-state index contributed by atoms with van der Waals surface area (Å²) in [6.45, 7) is 0. The second-order valence-corrected chi connectivity index (χ2v) is 11.3. The molecule has 9 rings (SSSR count). The smallest absolute Gasteiger partial charge is 0.137 e. The van der Waals surface area contributed by atoms with Crippen molar-refractivity contribution in [2.75, 3.05) is 4.90 Å². The first-order valence-electron chi connectivity index (χ1n) is 15.0. The maximum Gasteiger partial charge on any atom is 0.137 e. The Balaban J connectivity index is 1.36. The van der Waals surface area contributed by atoms with Gasteiger partial charge in [0, 0.05) is 16.8 Å². The molecule has 0 unspecified atom stereocenters. The van der Waals surface area contributed by atoms with E-state index in [9.17, 15) is 0 Å². The standard InChI is InChI=1S/C42H27NO/c1-2-12-28(13-3-1)29-14-10-15-30(26-29)43(39-21-11-23-41-42(39)37-20-8-9-22-40(37)44-41)31-24-25-36-34-18-5-4-16-32(34)33-17-6-7-19-35(33)38(36)27-31/h1-27H. The summed E-state index contributed by atoms with van der Waals surface area (Å²) in [6, 6.07) is 58.5. The van der Waals surface area contributed by atoms with Crippen molar-refractivity contribution in [1.29, 1.82) is 0 Å². The Labute approximate surface area is 255 Å². The van der Waals surface area contributed by atoms with E-state index >= 15 is 0 Å². The number of furan rings is 1. The Hall–Kier alpha value is -5.86. The minimum absolute atomic E-state index is 0.880. The average molecular weight is 562 g/mol. The molecule has 0 aliphatic rings. The lowest BCUT2D eigenvalue weighted by Gasteiger charge is -2.27. The monoisotopic (exact) mass is 561 g/mol. The average Bonchev–Trinajstić information content (AvgIpc) is 3.49. The van der Waals surface area contributed by atoms with Gasteiger partial charge in [0.25, 0.3) is 0 Å². The molecule has 0 N–H and O–H groups in total. The molecule has 0 fully saturated rings. The van der Waals surface area contributed by atoms with Crippen LogP contribution in [0.4, 0.5) is 17.1 Å². The number of rotatable bonds is 4. The molecule has 0 radical (unpaired) electrons. The zero-order valence-electron chi connectivity index (χ0n) is 23.9. The maximum atomic E-state index is 6.36. The van der Waals surface area contributed by atoms with Gasteiger partial charge >= 0.3 is 0 Å². The van der Waals surface area contributed by atoms with Crippen LogP contribution in [0.5, 0.6) is 0 Å². The number of hydrogen-bond acceptors (Lipinski definition) is 2. The molecule has 0 atom stereocenters. The van der Waals surface area contributed by atoms with E-state index in [2.05, 4.69) is 157 Å². The van der Waals surface area contributed by atoms with Gasteiger partial charge in [0.2, 0.25) is 0 Å². The van der Waals surface area contributed by atoms with Crippen LogP contribution in [0, 0.1) is 0 Å². The van der Waals surface area contributed by atoms with Crippen molar-refractivity contribution in [3.63, 3.8) is 0 Å². The van der Waals surface area contributed by atoms with Crippen LogP contribution in [0.2, 0.25) is 0 Å². The van der Waals surface area contributed by atoms with E-state index in [4.69, 9.17) is 4.42 Å². The van der Waals surface area contributed by atoms with E-state index in [1.54, 1.807) is 0 Å². The predicted molar refractivity (Wildman–Crippen MR) is 186 cm³/mol. The Morgan fingerprint density at radius 2 is 0.886 bits per heavy atom. The molecule has 8 aromatic carbocycles. The summed E-state index contributed by atoms with van der Waals surface area (Å²) in [6.07, 6.45) is 0. The highest BCUT2D eigenvalue weighted by Gasteiger charge is 2.20. The Morgan fingerprint density at radius 3 is 1.64 bits per heavy atom. The van der Waals surface area contributed by atoms with Gasteiger partial charge in [-0.3, -0.25) is 0 Å². The Kier molecular flexibility index (Phi) is 5.54. The van der Waals surface area contributed by atoms with Crippen LogP contribution >= 0.6 is 0 Å². The maximum absolute atomic E-state index is 6.36. The van der Waals surface area contributed by atoms with E-state index in [-0.39, 0.29) is 0 Å². The number of anilines is 3. The number of benzene rings is 8. The summed E-state index contributed by atoms with van der Waals surface area (Å²) in [5.74, 6) is 0. The van der Waals surface area contributed by atoms with Gasteiger partial charge in [-0.15, -0.1) is 0 Å². The molecule has 0 spiro atoms. The van der Waals surface area contributed by atoms with Crippen LogP contribution < -0.4 is 4.90 Å². The molecule has 0 saturated heterocycles. The van der Waals surface area contributed by atoms with Crippen LogP contribution in [0.25, 0.3) is 65.4 Å². The molecule has 0 amide bonds. The highest BCUT2D eigenvalue weighted by atomic mass is 16.3.